The van der Waals surface area contributed by atoms with E-state index in [0.717, 1.165) is 42.5 Å². The predicted molar refractivity (Wildman–Crippen MR) is 159 cm³/mol. The van der Waals surface area contributed by atoms with Crippen LogP contribution in [-0.2, 0) is 21.4 Å². The van der Waals surface area contributed by atoms with Gasteiger partial charge >= 0.3 is 0 Å². The van der Waals surface area contributed by atoms with Crippen LogP contribution in [-0.4, -0.2) is 43.7 Å². The van der Waals surface area contributed by atoms with Gasteiger partial charge in [0, 0.05) is 36.3 Å². The minimum Gasteiger partial charge on any atom is -0.507 e. The van der Waals surface area contributed by atoms with E-state index in [1.54, 1.807) is 13.8 Å². The van der Waals surface area contributed by atoms with Crippen LogP contribution >= 0.6 is 0 Å². The van der Waals surface area contributed by atoms with Crippen LogP contribution in [0.25, 0.3) is 11.0 Å². The number of aryl methyl sites for hydroxylation is 1. The first-order valence-electron chi connectivity index (χ1n) is 14.4. The number of nitrogens with one attached hydrogen (secondary N) is 1. The monoisotopic (exact) mass is 571 g/mol. The summed E-state index contributed by atoms with van der Waals surface area (Å²) in [6.45, 7) is 10.9. The first-order valence-corrected chi connectivity index (χ1v) is 14.4. The number of carbonyl (C=O) groups excluding carboxylic acids is 3. The molecular weight excluding hydrogens is 534 g/mol. The number of ketones is 3. The Morgan fingerprint density at radius 2 is 1.81 bits per heavy atom. The molecule has 0 spiro atoms. The van der Waals surface area contributed by atoms with Crippen LogP contribution in [0.1, 0.15) is 87.2 Å². The Morgan fingerprint density at radius 3 is 2.50 bits per heavy atom. The second kappa shape index (κ2) is 10.8. The lowest BCUT2D eigenvalue weighted by molar-refractivity contribution is -0.123. The number of nitrogens with zero attached hydrogens (tertiary/aromatic N) is 2. The minimum atomic E-state index is -1.52. The molecule has 0 fully saturated rings. The molecule has 0 unspecified atom stereocenters. The maximum Gasteiger partial charge on any atom is 0.194 e. The van der Waals surface area contributed by atoms with Crippen LogP contribution in [0.4, 0.5) is 0 Å². The van der Waals surface area contributed by atoms with Gasteiger partial charge in [-0.1, -0.05) is 18.6 Å². The molecule has 1 aliphatic heterocycles. The number of rotatable bonds is 9. The van der Waals surface area contributed by atoms with E-state index >= 15 is 0 Å². The fourth-order valence-electron chi connectivity index (χ4n) is 6.16. The van der Waals surface area contributed by atoms with E-state index in [4.69, 9.17) is 9.72 Å². The molecule has 0 amide bonds. The van der Waals surface area contributed by atoms with Crippen molar-refractivity contribution >= 4 is 28.4 Å². The molecule has 9 heteroatoms. The van der Waals surface area contributed by atoms with Crippen LogP contribution in [0.3, 0.4) is 0 Å². The number of benzene rings is 2. The lowest BCUT2D eigenvalue weighted by atomic mass is 9.70. The predicted octanol–water partition coefficient (Wildman–Crippen LogP) is 5.50. The molecule has 1 aromatic heterocycles. The summed E-state index contributed by atoms with van der Waals surface area (Å²) in [6, 6.07) is 8.48. The van der Waals surface area contributed by atoms with Crippen LogP contribution in [0.2, 0.25) is 0 Å². The van der Waals surface area contributed by atoms with E-state index in [9.17, 15) is 24.6 Å². The number of phenolic OH excluding ortho intramolecular Hbond substituents is 2. The van der Waals surface area contributed by atoms with E-state index in [1.165, 1.54) is 19.9 Å². The largest absolute Gasteiger partial charge is 0.507 e. The second-order valence-electron chi connectivity index (χ2n) is 11.6. The van der Waals surface area contributed by atoms with Gasteiger partial charge in [0.05, 0.1) is 22.2 Å². The molecule has 9 nitrogen and oxygen atoms in total. The first kappa shape index (κ1) is 29.1. The van der Waals surface area contributed by atoms with Crippen LogP contribution in [0, 0.1) is 6.92 Å². The van der Waals surface area contributed by atoms with Gasteiger partial charge in [-0.2, -0.15) is 0 Å². The summed E-state index contributed by atoms with van der Waals surface area (Å²) < 4.78 is 8.11. The average molecular weight is 572 g/mol. The van der Waals surface area contributed by atoms with Crippen molar-refractivity contribution in [3.8, 4) is 17.2 Å². The van der Waals surface area contributed by atoms with Crippen molar-refractivity contribution in [3.05, 3.63) is 69.9 Å². The highest BCUT2D eigenvalue weighted by Gasteiger charge is 2.56. The minimum absolute atomic E-state index is 0.0159. The van der Waals surface area contributed by atoms with Gasteiger partial charge in [-0.05, 0) is 66.5 Å². The summed E-state index contributed by atoms with van der Waals surface area (Å²) >= 11 is 0. The normalized spacial score (nSPS) is 19.1. The van der Waals surface area contributed by atoms with Crippen molar-refractivity contribution in [1.29, 1.82) is 0 Å². The van der Waals surface area contributed by atoms with Crippen molar-refractivity contribution in [2.24, 2.45) is 0 Å². The number of imidazole rings is 1. The number of aromatic hydroxyl groups is 2. The highest BCUT2D eigenvalue weighted by molar-refractivity contribution is 6.31. The van der Waals surface area contributed by atoms with Crippen LogP contribution < -0.4 is 10.1 Å². The molecule has 3 aromatic rings. The molecule has 220 valence electrons. The Kier molecular flexibility index (Phi) is 7.47. The lowest BCUT2D eigenvalue weighted by Crippen LogP contribution is -2.41. The number of carbonyl (C=O) groups is 3. The molecular formula is C33H37N3O6. The first-order chi connectivity index (χ1) is 19.9. The molecule has 3 N–H and O–H groups in total. The average Bonchev–Trinajstić information content (AvgIpc) is 3.44. The SMILES string of the molecule is CC(=O)c1c(O)c(C)c(O)c2c1OC1=CC(=O)C(=C(C)NCCCCCc3nc4ccccc4n3C(C)C)C(=O)[C@@]12C. The third kappa shape index (κ3) is 4.47. The van der Waals surface area contributed by atoms with Gasteiger partial charge in [0.15, 0.2) is 17.3 Å². The maximum absolute atomic E-state index is 13.9. The molecule has 1 aliphatic carbocycles. The Labute approximate surface area is 244 Å². The van der Waals surface area contributed by atoms with Gasteiger partial charge in [-0.15, -0.1) is 0 Å². The number of Topliss-reactive ketones (excluding diaryl/α,β-unsaturated/α-hetero) is 2. The lowest BCUT2D eigenvalue weighted by Gasteiger charge is -2.29. The molecule has 0 saturated carbocycles. The second-order valence-corrected chi connectivity index (χ2v) is 11.6. The topological polar surface area (TPSA) is 131 Å². The Hall–Kier alpha value is -4.40. The number of hydrogen-bond acceptors (Lipinski definition) is 8. The molecule has 5 rings (SSSR count). The number of fused-ring (bicyclic) bond motifs is 4. The van der Waals surface area contributed by atoms with Crippen molar-refractivity contribution in [1.82, 2.24) is 14.9 Å². The summed E-state index contributed by atoms with van der Waals surface area (Å²) in [7, 11) is 0. The van der Waals surface area contributed by atoms with Gasteiger partial charge in [0.25, 0.3) is 0 Å². The molecule has 2 aliphatic rings. The Balaban J connectivity index is 1.29. The number of unbranched alkanes of at least 4 members (excludes halogenated alkanes) is 2. The fraction of sp³-hybridized carbons (Fsp3) is 0.394. The van der Waals surface area contributed by atoms with E-state index < -0.39 is 28.5 Å². The third-order valence-electron chi connectivity index (χ3n) is 8.41. The van der Waals surface area contributed by atoms with Crippen molar-refractivity contribution in [3.63, 3.8) is 0 Å². The zero-order valence-electron chi connectivity index (χ0n) is 24.9. The van der Waals surface area contributed by atoms with E-state index in [0.29, 0.717) is 18.3 Å². The number of ether oxygens (including phenoxy) is 1. The number of para-hydroxylation sites is 2. The summed E-state index contributed by atoms with van der Waals surface area (Å²) in [5.41, 5.74) is 1.09. The molecule has 0 radical (unpaired) electrons. The smallest absolute Gasteiger partial charge is 0.194 e. The van der Waals surface area contributed by atoms with Crippen LogP contribution in [0.5, 0.6) is 17.2 Å². The van der Waals surface area contributed by atoms with E-state index in [1.807, 2.05) is 18.2 Å². The standard InChI is InChI=1S/C33H37N3O6/c1-17(2)36-22-13-10-9-12-21(22)35-25(36)14-8-7-11-15-34-19(4)26-23(38)16-24-33(6,32(26)41)28-30(40)18(3)29(39)27(20(5)37)31(28)42-24/h9-10,12-13,16-17,34,39-40H,7-8,11,14-15H2,1-6H3/t33-/m0/s1. The van der Waals surface area contributed by atoms with Crippen LogP contribution in [0.15, 0.2) is 47.4 Å². The van der Waals surface area contributed by atoms with Gasteiger partial charge in [0.2, 0.25) is 0 Å². The fourth-order valence-corrected chi connectivity index (χ4v) is 6.16. The number of phenols is 2. The summed E-state index contributed by atoms with van der Waals surface area (Å²) in [4.78, 5) is 44.2. The van der Waals surface area contributed by atoms with Gasteiger partial charge in [0.1, 0.15) is 39.8 Å². The molecule has 42 heavy (non-hydrogen) atoms. The molecule has 2 aromatic carbocycles. The van der Waals surface area contributed by atoms with Gasteiger partial charge in [-0.3, -0.25) is 14.4 Å². The van der Waals surface area contributed by atoms with Crippen molar-refractivity contribution < 1.29 is 29.3 Å². The van der Waals surface area contributed by atoms with E-state index in [-0.39, 0.29) is 39.5 Å². The highest BCUT2D eigenvalue weighted by Crippen LogP contribution is 2.57. The quantitative estimate of drug-likeness (QED) is 0.133. The number of hydrogen-bond donors (Lipinski definition) is 3. The molecule has 0 bridgehead atoms. The maximum atomic E-state index is 13.9. The Bertz CT molecular complexity index is 1710. The zero-order chi connectivity index (χ0) is 30.5. The highest BCUT2D eigenvalue weighted by atomic mass is 16.5. The van der Waals surface area contributed by atoms with E-state index in [2.05, 4.69) is 29.8 Å². The third-order valence-corrected chi connectivity index (χ3v) is 8.41. The summed E-state index contributed by atoms with van der Waals surface area (Å²) in [5.74, 6) is -1.25. The Morgan fingerprint density at radius 1 is 1.10 bits per heavy atom. The molecule has 0 saturated heterocycles. The van der Waals surface area contributed by atoms with Crippen molar-refractivity contribution in [2.45, 2.75) is 78.7 Å². The molecule has 2 heterocycles. The number of aromatic nitrogens is 2. The van der Waals surface area contributed by atoms with Gasteiger partial charge < -0.3 is 24.8 Å². The zero-order valence-corrected chi connectivity index (χ0v) is 24.9. The molecule has 1 atom stereocenters. The van der Waals surface area contributed by atoms with Crippen molar-refractivity contribution in [2.75, 3.05) is 6.54 Å². The summed E-state index contributed by atoms with van der Waals surface area (Å²) in [6.07, 6.45) is 4.81. The summed E-state index contributed by atoms with van der Waals surface area (Å²) in [5, 5.41) is 24.7. The number of allylic oxidation sites excluding steroid dienone is 4. The van der Waals surface area contributed by atoms with Gasteiger partial charge in [-0.25, -0.2) is 4.98 Å².